The molecular weight excluding hydrogens is 271 g/mol. The Kier molecular flexibility index (Phi) is 6.48. The van der Waals surface area contributed by atoms with Crippen LogP contribution in [0.15, 0.2) is 0 Å². The molecule has 0 atom stereocenters. The highest BCUT2D eigenvalue weighted by Crippen LogP contribution is 2.22. The number of aromatic nitrogens is 2. The highest BCUT2D eigenvalue weighted by Gasteiger charge is 2.26. The highest BCUT2D eigenvalue weighted by molar-refractivity contribution is 5.24. The molecule has 0 aliphatic carbocycles. The number of ether oxygens (including phenoxy) is 1. The standard InChI is InChI=1S/C13H22F3N3O/c1-10-12(9-17-6-8-20-3)11(2)19(18-10)7-4-5-13(14,15)16/h17H,4-9H2,1-3H3. The normalized spacial score (nSPS) is 12.1. The lowest BCUT2D eigenvalue weighted by molar-refractivity contribution is -0.136. The minimum absolute atomic E-state index is 0.0575. The van der Waals surface area contributed by atoms with Gasteiger partial charge in [-0.25, -0.2) is 0 Å². The van der Waals surface area contributed by atoms with Crippen LogP contribution in [0.1, 0.15) is 29.8 Å². The number of nitrogens with zero attached hydrogens (tertiary/aromatic N) is 2. The lowest BCUT2D eigenvalue weighted by atomic mass is 10.2. The predicted molar refractivity (Wildman–Crippen MR) is 70.6 cm³/mol. The molecule has 1 heterocycles. The fourth-order valence-electron chi connectivity index (χ4n) is 2.02. The van der Waals surface area contributed by atoms with Gasteiger partial charge < -0.3 is 10.1 Å². The molecular formula is C13H22F3N3O. The van der Waals surface area contributed by atoms with Crippen molar-refractivity contribution in [3.8, 4) is 0 Å². The Morgan fingerprint density at radius 2 is 2.00 bits per heavy atom. The van der Waals surface area contributed by atoms with Crippen LogP contribution in [0.5, 0.6) is 0 Å². The molecule has 0 aromatic carbocycles. The van der Waals surface area contributed by atoms with Crippen molar-refractivity contribution in [2.75, 3.05) is 20.3 Å². The molecule has 20 heavy (non-hydrogen) atoms. The summed E-state index contributed by atoms with van der Waals surface area (Å²) in [6, 6.07) is 0. The molecule has 1 N–H and O–H groups in total. The van der Waals surface area contributed by atoms with Gasteiger partial charge in [-0.05, 0) is 20.3 Å². The van der Waals surface area contributed by atoms with Crippen molar-refractivity contribution in [3.63, 3.8) is 0 Å². The summed E-state index contributed by atoms with van der Waals surface area (Å²) in [6.45, 7) is 6.07. The largest absolute Gasteiger partial charge is 0.389 e. The molecule has 4 nitrogen and oxygen atoms in total. The lowest BCUT2D eigenvalue weighted by Gasteiger charge is -2.08. The molecule has 0 amide bonds. The summed E-state index contributed by atoms with van der Waals surface area (Å²) in [5, 5.41) is 7.53. The maximum atomic E-state index is 12.1. The van der Waals surface area contributed by atoms with Gasteiger partial charge in [0, 0.05) is 44.4 Å². The Balaban J connectivity index is 2.53. The zero-order valence-corrected chi connectivity index (χ0v) is 12.2. The Morgan fingerprint density at radius 1 is 1.30 bits per heavy atom. The molecule has 0 aliphatic heterocycles. The van der Waals surface area contributed by atoms with Gasteiger partial charge >= 0.3 is 6.18 Å². The van der Waals surface area contributed by atoms with Gasteiger partial charge in [0.05, 0.1) is 12.3 Å². The second kappa shape index (κ2) is 7.64. The topological polar surface area (TPSA) is 39.1 Å². The summed E-state index contributed by atoms with van der Waals surface area (Å²) >= 11 is 0. The van der Waals surface area contributed by atoms with E-state index in [9.17, 15) is 13.2 Å². The average Bonchev–Trinajstić information content (AvgIpc) is 2.60. The van der Waals surface area contributed by atoms with Crippen LogP contribution in [0.25, 0.3) is 0 Å². The maximum absolute atomic E-state index is 12.1. The first-order valence-electron chi connectivity index (χ1n) is 6.64. The summed E-state index contributed by atoms with van der Waals surface area (Å²) in [7, 11) is 1.64. The van der Waals surface area contributed by atoms with Crippen molar-refractivity contribution in [3.05, 3.63) is 17.0 Å². The van der Waals surface area contributed by atoms with E-state index in [4.69, 9.17) is 4.74 Å². The molecule has 0 saturated heterocycles. The Labute approximate surface area is 117 Å². The van der Waals surface area contributed by atoms with E-state index in [0.29, 0.717) is 19.7 Å². The molecule has 0 fully saturated rings. The van der Waals surface area contributed by atoms with Crippen molar-refractivity contribution in [2.45, 2.75) is 46.0 Å². The van der Waals surface area contributed by atoms with Gasteiger partial charge in [-0.3, -0.25) is 4.68 Å². The van der Waals surface area contributed by atoms with Gasteiger partial charge in [0.2, 0.25) is 0 Å². The molecule has 7 heteroatoms. The Morgan fingerprint density at radius 3 is 2.60 bits per heavy atom. The van der Waals surface area contributed by atoms with Gasteiger partial charge in [-0.2, -0.15) is 18.3 Å². The fraction of sp³-hybridized carbons (Fsp3) is 0.769. The maximum Gasteiger partial charge on any atom is 0.389 e. The van der Waals surface area contributed by atoms with Crippen LogP contribution >= 0.6 is 0 Å². The fourth-order valence-corrected chi connectivity index (χ4v) is 2.02. The van der Waals surface area contributed by atoms with Gasteiger partial charge in [0.25, 0.3) is 0 Å². The molecule has 0 radical (unpaired) electrons. The average molecular weight is 293 g/mol. The summed E-state index contributed by atoms with van der Waals surface area (Å²) in [6.07, 6.45) is -4.81. The van der Waals surface area contributed by atoms with Crippen molar-refractivity contribution in [2.24, 2.45) is 0 Å². The third-order valence-electron chi connectivity index (χ3n) is 3.15. The number of alkyl halides is 3. The Bertz CT molecular complexity index is 416. The quantitative estimate of drug-likeness (QED) is 0.749. The molecule has 0 aliphatic rings. The molecule has 0 spiro atoms. The predicted octanol–water partition coefficient (Wildman–Crippen LogP) is 2.58. The second-order valence-corrected chi connectivity index (χ2v) is 4.76. The summed E-state index contributed by atoms with van der Waals surface area (Å²) < 4.78 is 43.0. The zero-order chi connectivity index (χ0) is 15.2. The minimum Gasteiger partial charge on any atom is -0.383 e. The number of hydrogen-bond donors (Lipinski definition) is 1. The van der Waals surface area contributed by atoms with E-state index < -0.39 is 12.6 Å². The van der Waals surface area contributed by atoms with E-state index >= 15 is 0 Å². The first-order valence-corrected chi connectivity index (χ1v) is 6.64. The van der Waals surface area contributed by atoms with Gasteiger partial charge in [0.1, 0.15) is 0 Å². The summed E-state index contributed by atoms with van der Waals surface area (Å²) in [5.41, 5.74) is 2.84. The number of rotatable bonds is 8. The number of halogens is 3. The Hall–Kier alpha value is -1.08. The SMILES string of the molecule is COCCNCc1c(C)nn(CCCC(F)(F)F)c1C. The van der Waals surface area contributed by atoms with Crippen molar-refractivity contribution in [1.82, 2.24) is 15.1 Å². The zero-order valence-electron chi connectivity index (χ0n) is 12.2. The van der Waals surface area contributed by atoms with Crippen LogP contribution in [0, 0.1) is 13.8 Å². The highest BCUT2D eigenvalue weighted by atomic mass is 19.4. The van der Waals surface area contributed by atoms with Gasteiger partial charge in [-0.15, -0.1) is 0 Å². The van der Waals surface area contributed by atoms with Crippen LogP contribution < -0.4 is 5.32 Å². The molecule has 0 bridgehead atoms. The van der Waals surface area contributed by atoms with Gasteiger partial charge in [0.15, 0.2) is 0 Å². The first kappa shape index (κ1) is 17.0. The molecule has 1 aromatic rings. The van der Waals surface area contributed by atoms with Crippen LogP contribution in [0.4, 0.5) is 13.2 Å². The van der Waals surface area contributed by atoms with E-state index in [1.165, 1.54) is 0 Å². The lowest BCUT2D eigenvalue weighted by Crippen LogP contribution is -2.19. The van der Waals surface area contributed by atoms with E-state index in [1.54, 1.807) is 11.8 Å². The van der Waals surface area contributed by atoms with E-state index in [1.807, 2.05) is 13.8 Å². The number of aryl methyl sites for hydroxylation is 2. The molecule has 1 rings (SSSR count). The monoisotopic (exact) mass is 293 g/mol. The third kappa shape index (κ3) is 5.50. The van der Waals surface area contributed by atoms with Crippen LogP contribution in [0.2, 0.25) is 0 Å². The van der Waals surface area contributed by atoms with E-state index in [-0.39, 0.29) is 6.42 Å². The van der Waals surface area contributed by atoms with E-state index in [2.05, 4.69) is 10.4 Å². The minimum atomic E-state index is -4.10. The molecule has 0 unspecified atom stereocenters. The molecule has 116 valence electrons. The van der Waals surface area contributed by atoms with E-state index in [0.717, 1.165) is 23.5 Å². The number of hydrogen-bond acceptors (Lipinski definition) is 3. The van der Waals surface area contributed by atoms with Gasteiger partial charge in [-0.1, -0.05) is 0 Å². The summed E-state index contributed by atoms with van der Waals surface area (Å²) in [4.78, 5) is 0. The van der Waals surface area contributed by atoms with Crippen molar-refractivity contribution in [1.29, 1.82) is 0 Å². The van der Waals surface area contributed by atoms with Crippen LogP contribution in [-0.2, 0) is 17.8 Å². The molecule has 1 aromatic heterocycles. The second-order valence-electron chi connectivity index (χ2n) is 4.76. The smallest absolute Gasteiger partial charge is 0.383 e. The summed E-state index contributed by atoms with van der Waals surface area (Å²) in [5.74, 6) is 0. The number of nitrogens with one attached hydrogen (secondary N) is 1. The first-order chi connectivity index (χ1) is 9.35. The third-order valence-corrected chi connectivity index (χ3v) is 3.15. The van der Waals surface area contributed by atoms with Crippen molar-refractivity contribution < 1.29 is 17.9 Å². The van der Waals surface area contributed by atoms with Crippen LogP contribution in [0.3, 0.4) is 0 Å². The van der Waals surface area contributed by atoms with Crippen LogP contribution in [-0.4, -0.2) is 36.2 Å². The van der Waals surface area contributed by atoms with Crippen molar-refractivity contribution >= 4 is 0 Å². The molecule has 0 saturated carbocycles. The number of methoxy groups -OCH3 is 1.